The topological polar surface area (TPSA) is 88.3 Å². The molecule has 0 amide bonds. The molecule has 9 heteroatoms. The summed E-state index contributed by atoms with van der Waals surface area (Å²) in [5.74, 6) is -0.0911. The van der Waals surface area contributed by atoms with Crippen LogP contribution in [0.2, 0.25) is 0 Å². The Hall–Kier alpha value is -2.07. The molecule has 0 fully saturated rings. The van der Waals surface area contributed by atoms with E-state index in [4.69, 9.17) is 0 Å². The molecule has 0 bridgehead atoms. The van der Waals surface area contributed by atoms with E-state index in [-0.39, 0.29) is 24.0 Å². The number of sulfonamides is 1. The normalized spacial score (nSPS) is 13.1. The van der Waals surface area contributed by atoms with Gasteiger partial charge in [0.15, 0.2) is 0 Å². The van der Waals surface area contributed by atoms with Crippen molar-refractivity contribution in [3.05, 3.63) is 76.5 Å². The van der Waals surface area contributed by atoms with Crippen LogP contribution in [0.5, 0.6) is 0 Å². The molecule has 1 heterocycles. The van der Waals surface area contributed by atoms with Gasteiger partial charge in [-0.1, -0.05) is 61.5 Å². The summed E-state index contributed by atoms with van der Waals surface area (Å²) in [6, 6.07) is 15.9. The monoisotopic (exact) mass is 492 g/mol. The largest absolute Gasteiger partial charge is 0.395 e. The third-order valence-corrected chi connectivity index (χ3v) is 7.72. The lowest BCUT2D eigenvalue weighted by atomic mass is 10.1. The first-order valence-corrected chi connectivity index (χ1v) is 11.9. The summed E-state index contributed by atoms with van der Waals surface area (Å²) in [4.78, 5) is 0.153. The minimum atomic E-state index is -3.89. The Kier molecular flexibility index (Phi) is 7.41. The third-order valence-electron chi connectivity index (χ3n) is 4.84. The Bertz CT molecular complexity index is 1070. The van der Waals surface area contributed by atoms with Gasteiger partial charge < -0.3 is 5.11 Å². The second kappa shape index (κ2) is 9.82. The highest BCUT2D eigenvalue weighted by Crippen LogP contribution is 2.29. The van der Waals surface area contributed by atoms with E-state index in [1.807, 2.05) is 44.2 Å². The average Bonchev–Trinajstić information content (AvgIpc) is 3.15. The summed E-state index contributed by atoms with van der Waals surface area (Å²) < 4.78 is 30.4. The summed E-state index contributed by atoms with van der Waals surface area (Å²) in [5.41, 5.74) is 1.59. The zero-order chi connectivity index (χ0) is 21.7. The van der Waals surface area contributed by atoms with Gasteiger partial charge in [0.2, 0.25) is 10.0 Å². The Labute approximate surface area is 185 Å². The van der Waals surface area contributed by atoms with E-state index in [0.29, 0.717) is 16.7 Å². The molecule has 1 N–H and O–H groups in total. The molecular weight excluding hydrogens is 468 g/mol. The Balaban J connectivity index is 1.92. The number of halogens is 1. The van der Waals surface area contributed by atoms with E-state index in [0.717, 1.165) is 5.56 Å². The standard InChI is InChI=1S/C21H25BrN4O3S/c1-16(2)20(15-27)26(30(28,29)21-11-7-6-10-19(21)22)14-18-13-25(24-23-18)12-17-8-4-3-5-9-17/h3-11,13,16,20,27H,12,14-15H2,1-2H3/t20-/m1/s1. The molecule has 2 aromatic carbocycles. The molecule has 7 nitrogen and oxygen atoms in total. The molecule has 0 spiro atoms. The summed E-state index contributed by atoms with van der Waals surface area (Å²) in [6.45, 7) is 4.03. The second-order valence-corrected chi connectivity index (χ2v) is 10.1. The smallest absolute Gasteiger partial charge is 0.244 e. The first kappa shape index (κ1) is 22.6. The number of benzene rings is 2. The van der Waals surface area contributed by atoms with Crippen molar-refractivity contribution < 1.29 is 13.5 Å². The Morgan fingerprint density at radius 1 is 1.10 bits per heavy atom. The molecule has 0 unspecified atom stereocenters. The maximum absolute atomic E-state index is 13.5. The third kappa shape index (κ3) is 5.15. The predicted octanol–water partition coefficient (Wildman–Crippen LogP) is 3.30. The van der Waals surface area contributed by atoms with E-state index in [9.17, 15) is 13.5 Å². The molecule has 1 atom stereocenters. The number of rotatable bonds is 9. The first-order chi connectivity index (χ1) is 14.3. The minimum Gasteiger partial charge on any atom is -0.395 e. The Morgan fingerprint density at radius 3 is 2.40 bits per heavy atom. The van der Waals surface area contributed by atoms with E-state index in [1.165, 1.54) is 4.31 Å². The van der Waals surface area contributed by atoms with Gasteiger partial charge >= 0.3 is 0 Å². The fourth-order valence-corrected chi connectivity index (χ4v) is 5.90. The van der Waals surface area contributed by atoms with Gasteiger partial charge in [0.25, 0.3) is 0 Å². The van der Waals surface area contributed by atoms with Crippen LogP contribution in [0.3, 0.4) is 0 Å². The molecule has 0 saturated carbocycles. The predicted molar refractivity (Wildman–Crippen MR) is 118 cm³/mol. The van der Waals surface area contributed by atoms with Gasteiger partial charge in [-0.2, -0.15) is 4.31 Å². The molecule has 3 aromatic rings. The Morgan fingerprint density at radius 2 is 1.77 bits per heavy atom. The van der Waals surface area contributed by atoms with Crippen LogP contribution in [-0.2, 0) is 23.1 Å². The van der Waals surface area contributed by atoms with Crippen molar-refractivity contribution in [1.29, 1.82) is 0 Å². The van der Waals surface area contributed by atoms with Gasteiger partial charge in [-0.15, -0.1) is 5.10 Å². The number of aliphatic hydroxyl groups is 1. The lowest BCUT2D eigenvalue weighted by molar-refractivity contribution is 0.147. The zero-order valence-corrected chi connectivity index (χ0v) is 19.3. The maximum Gasteiger partial charge on any atom is 0.244 e. The maximum atomic E-state index is 13.5. The molecule has 30 heavy (non-hydrogen) atoms. The van der Waals surface area contributed by atoms with Crippen LogP contribution in [0.15, 0.2) is 70.2 Å². The molecule has 0 aliphatic rings. The van der Waals surface area contributed by atoms with E-state index in [2.05, 4.69) is 26.2 Å². The van der Waals surface area contributed by atoms with Crippen LogP contribution >= 0.6 is 15.9 Å². The van der Waals surface area contributed by atoms with E-state index >= 15 is 0 Å². The molecule has 160 valence electrons. The molecule has 0 saturated heterocycles. The fraction of sp³-hybridized carbons (Fsp3) is 0.333. The van der Waals surface area contributed by atoms with Crippen molar-refractivity contribution in [1.82, 2.24) is 19.3 Å². The van der Waals surface area contributed by atoms with E-state index in [1.54, 1.807) is 35.1 Å². The van der Waals surface area contributed by atoms with Crippen LogP contribution in [-0.4, -0.2) is 45.5 Å². The lowest BCUT2D eigenvalue weighted by Gasteiger charge is -2.32. The van der Waals surface area contributed by atoms with Crippen molar-refractivity contribution in [2.24, 2.45) is 5.92 Å². The number of aliphatic hydroxyl groups excluding tert-OH is 1. The van der Waals surface area contributed by atoms with Crippen molar-refractivity contribution in [2.45, 2.75) is 37.9 Å². The van der Waals surface area contributed by atoms with Gasteiger partial charge in [0.05, 0.1) is 42.5 Å². The van der Waals surface area contributed by atoms with Crippen LogP contribution in [0.25, 0.3) is 0 Å². The zero-order valence-electron chi connectivity index (χ0n) is 16.9. The molecule has 1 aromatic heterocycles. The van der Waals surface area contributed by atoms with Gasteiger partial charge in [0.1, 0.15) is 0 Å². The van der Waals surface area contributed by atoms with E-state index < -0.39 is 16.1 Å². The summed E-state index contributed by atoms with van der Waals surface area (Å²) >= 11 is 3.33. The van der Waals surface area contributed by atoms with Crippen molar-refractivity contribution >= 4 is 26.0 Å². The van der Waals surface area contributed by atoms with Crippen molar-refractivity contribution in [3.8, 4) is 0 Å². The summed E-state index contributed by atoms with van der Waals surface area (Å²) in [7, 11) is -3.89. The van der Waals surface area contributed by atoms with Crippen molar-refractivity contribution in [3.63, 3.8) is 0 Å². The minimum absolute atomic E-state index is 0.0157. The van der Waals surface area contributed by atoms with Gasteiger partial charge in [-0.25, -0.2) is 13.1 Å². The lowest BCUT2D eigenvalue weighted by Crippen LogP contribution is -2.45. The highest BCUT2D eigenvalue weighted by Gasteiger charge is 2.34. The molecular formula is C21H25BrN4O3S. The second-order valence-electron chi connectivity index (χ2n) is 7.37. The summed E-state index contributed by atoms with van der Waals surface area (Å²) in [6.07, 6.45) is 1.74. The highest BCUT2D eigenvalue weighted by molar-refractivity contribution is 9.10. The van der Waals surface area contributed by atoms with Crippen LogP contribution in [0.4, 0.5) is 0 Å². The summed E-state index contributed by atoms with van der Waals surface area (Å²) in [5, 5.41) is 18.3. The van der Waals surface area contributed by atoms with Crippen molar-refractivity contribution in [2.75, 3.05) is 6.61 Å². The average molecular weight is 493 g/mol. The molecule has 0 aliphatic carbocycles. The van der Waals surface area contributed by atoms with Gasteiger partial charge in [-0.3, -0.25) is 0 Å². The SMILES string of the molecule is CC(C)[C@@H](CO)N(Cc1cn(Cc2ccccc2)nn1)S(=O)(=O)c1ccccc1Br. The van der Waals surface area contributed by atoms with Gasteiger partial charge in [0, 0.05) is 4.47 Å². The van der Waals surface area contributed by atoms with Gasteiger partial charge in [-0.05, 0) is 39.5 Å². The quantitative estimate of drug-likeness (QED) is 0.494. The van der Waals surface area contributed by atoms with Crippen LogP contribution in [0.1, 0.15) is 25.1 Å². The fourth-order valence-electron chi connectivity index (χ4n) is 3.21. The molecule has 3 rings (SSSR count). The number of aromatic nitrogens is 3. The number of hydrogen-bond acceptors (Lipinski definition) is 5. The molecule has 0 aliphatic heterocycles. The number of nitrogens with zero attached hydrogens (tertiary/aromatic N) is 4. The number of hydrogen-bond donors (Lipinski definition) is 1. The first-order valence-electron chi connectivity index (χ1n) is 9.63. The van der Waals surface area contributed by atoms with Crippen LogP contribution in [0, 0.1) is 5.92 Å². The molecule has 0 radical (unpaired) electrons. The van der Waals surface area contributed by atoms with Crippen LogP contribution < -0.4 is 0 Å². The highest BCUT2D eigenvalue weighted by atomic mass is 79.9.